The largest absolute Gasteiger partial charge is 0.374 e. The fourth-order valence-electron chi connectivity index (χ4n) is 1.68. The highest BCUT2D eigenvalue weighted by molar-refractivity contribution is 9.10. The van der Waals surface area contributed by atoms with Gasteiger partial charge in [0.2, 0.25) is 0 Å². The first-order valence-corrected chi connectivity index (χ1v) is 7.72. The average Bonchev–Trinajstić information content (AvgIpc) is 2.92. The maximum absolute atomic E-state index is 12.0. The van der Waals surface area contributed by atoms with Gasteiger partial charge in [-0.1, -0.05) is 6.92 Å². The number of thiazole rings is 1. The second-order valence-corrected chi connectivity index (χ2v) is 5.86. The van der Waals surface area contributed by atoms with E-state index in [9.17, 15) is 4.79 Å². The van der Waals surface area contributed by atoms with E-state index in [1.54, 1.807) is 23.7 Å². The van der Waals surface area contributed by atoms with Crippen LogP contribution < -0.4 is 10.9 Å². The molecule has 1 atom stereocenters. The van der Waals surface area contributed by atoms with Crippen molar-refractivity contribution in [2.45, 2.75) is 32.9 Å². The molecule has 0 fully saturated rings. The van der Waals surface area contributed by atoms with Gasteiger partial charge in [-0.25, -0.2) is 9.67 Å². The minimum absolute atomic E-state index is 0.0412. The third-order valence-electron chi connectivity index (χ3n) is 2.61. The van der Waals surface area contributed by atoms with E-state index in [-0.39, 0.29) is 11.6 Å². The molecule has 1 unspecified atom stereocenters. The maximum Gasteiger partial charge on any atom is 0.283 e. The summed E-state index contributed by atoms with van der Waals surface area (Å²) in [4.78, 5) is 16.3. The topological polar surface area (TPSA) is 59.8 Å². The van der Waals surface area contributed by atoms with Gasteiger partial charge < -0.3 is 5.32 Å². The molecule has 0 amide bonds. The molecule has 7 heteroatoms. The third kappa shape index (κ3) is 3.22. The molecule has 0 spiro atoms. The van der Waals surface area contributed by atoms with Crippen LogP contribution in [-0.4, -0.2) is 14.8 Å². The van der Waals surface area contributed by atoms with Gasteiger partial charge in [0.15, 0.2) is 0 Å². The Morgan fingerprint density at radius 2 is 2.37 bits per heavy atom. The lowest BCUT2D eigenvalue weighted by atomic mass is 10.3. The number of nitrogens with zero attached hydrogens (tertiary/aromatic N) is 3. The molecule has 2 rings (SSSR count). The molecule has 1 N–H and O–H groups in total. The fourth-order valence-corrected chi connectivity index (χ4v) is 2.75. The van der Waals surface area contributed by atoms with Crippen LogP contribution in [0.2, 0.25) is 0 Å². The van der Waals surface area contributed by atoms with Gasteiger partial charge in [0.1, 0.15) is 9.48 Å². The summed E-state index contributed by atoms with van der Waals surface area (Å²) in [5.41, 5.74) is 0.582. The smallest absolute Gasteiger partial charge is 0.283 e. The number of aryl methyl sites for hydroxylation is 1. The van der Waals surface area contributed by atoms with E-state index in [0.29, 0.717) is 16.7 Å². The van der Waals surface area contributed by atoms with Crippen molar-refractivity contribution in [3.05, 3.63) is 37.6 Å². The number of hydrogen-bond donors (Lipinski definition) is 1. The average molecular weight is 343 g/mol. The molecule has 0 aliphatic carbocycles. The number of aromatic nitrogens is 3. The lowest BCUT2D eigenvalue weighted by Gasteiger charge is -2.14. The van der Waals surface area contributed by atoms with Gasteiger partial charge in [-0.3, -0.25) is 4.79 Å². The zero-order valence-electron chi connectivity index (χ0n) is 10.8. The molecule has 102 valence electrons. The van der Waals surface area contributed by atoms with Crippen LogP contribution in [0.25, 0.3) is 0 Å². The van der Waals surface area contributed by atoms with Gasteiger partial charge in [0, 0.05) is 18.1 Å². The highest BCUT2D eigenvalue weighted by atomic mass is 79.9. The van der Waals surface area contributed by atoms with Crippen LogP contribution >= 0.6 is 27.3 Å². The van der Waals surface area contributed by atoms with Gasteiger partial charge in [-0.15, -0.1) is 11.3 Å². The summed E-state index contributed by atoms with van der Waals surface area (Å²) in [6.45, 7) is 4.64. The minimum atomic E-state index is -0.113. The highest BCUT2D eigenvalue weighted by Gasteiger charge is 2.13. The molecule has 5 nitrogen and oxygen atoms in total. The van der Waals surface area contributed by atoms with Crippen molar-refractivity contribution in [1.29, 1.82) is 0 Å². The Kier molecular flexibility index (Phi) is 4.71. The molecule has 2 aromatic rings. The molecule has 0 aromatic carbocycles. The number of halogens is 1. The van der Waals surface area contributed by atoms with E-state index in [1.165, 1.54) is 4.68 Å². The Balaban J connectivity index is 2.22. The molecular formula is C12H15BrN4OS. The zero-order chi connectivity index (χ0) is 13.8. The Morgan fingerprint density at radius 1 is 1.58 bits per heavy atom. The van der Waals surface area contributed by atoms with Crippen LogP contribution in [0.15, 0.2) is 27.0 Å². The maximum atomic E-state index is 12.0. The predicted molar refractivity (Wildman–Crippen MR) is 80.6 cm³/mol. The van der Waals surface area contributed by atoms with Gasteiger partial charge >= 0.3 is 0 Å². The van der Waals surface area contributed by atoms with Crippen molar-refractivity contribution in [2.24, 2.45) is 0 Å². The van der Waals surface area contributed by atoms with Gasteiger partial charge in [0.25, 0.3) is 5.56 Å². The van der Waals surface area contributed by atoms with E-state index in [0.717, 1.165) is 11.4 Å². The summed E-state index contributed by atoms with van der Waals surface area (Å²) in [7, 11) is 0. The van der Waals surface area contributed by atoms with E-state index in [1.807, 2.05) is 19.2 Å². The van der Waals surface area contributed by atoms with Gasteiger partial charge in [-0.05, 0) is 29.3 Å². The first-order chi connectivity index (χ1) is 9.13. The fraction of sp³-hybridized carbons (Fsp3) is 0.417. The van der Waals surface area contributed by atoms with Gasteiger partial charge in [-0.2, -0.15) is 5.10 Å². The molecule has 2 aromatic heterocycles. The van der Waals surface area contributed by atoms with Crippen LogP contribution in [0.4, 0.5) is 5.69 Å². The summed E-state index contributed by atoms with van der Waals surface area (Å²) in [6, 6.07) is 0.0412. The van der Waals surface area contributed by atoms with Gasteiger partial charge in [0.05, 0.1) is 17.9 Å². The van der Waals surface area contributed by atoms with E-state index in [4.69, 9.17) is 0 Å². The lowest BCUT2D eigenvalue weighted by Crippen LogP contribution is -2.24. The van der Waals surface area contributed by atoms with E-state index in [2.05, 4.69) is 31.3 Å². The molecule has 0 aliphatic heterocycles. The van der Waals surface area contributed by atoms with Crippen LogP contribution in [0.5, 0.6) is 0 Å². The van der Waals surface area contributed by atoms with Crippen LogP contribution in [0, 0.1) is 0 Å². The van der Waals surface area contributed by atoms with Crippen molar-refractivity contribution >= 4 is 33.0 Å². The highest BCUT2D eigenvalue weighted by Crippen LogP contribution is 2.24. The Hall–Kier alpha value is -1.21. The number of nitrogens with one attached hydrogen (secondary N) is 1. The van der Waals surface area contributed by atoms with Crippen LogP contribution in [0.1, 0.15) is 31.3 Å². The molecule has 0 bridgehead atoms. The normalized spacial score (nSPS) is 12.4. The quantitative estimate of drug-likeness (QED) is 0.907. The van der Waals surface area contributed by atoms with Crippen molar-refractivity contribution in [2.75, 3.05) is 5.32 Å². The van der Waals surface area contributed by atoms with E-state index >= 15 is 0 Å². The minimum Gasteiger partial charge on any atom is -0.374 e. The summed E-state index contributed by atoms with van der Waals surface area (Å²) < 4.78 is 1.97. The Morgan fingerprint density at radius 3 is 3.00 bits per heavy atom. The molecule has 2 heterocycles. The summed E-state index contributed by atoms with van der Waals surface area (Å²) in [5.74, 6) is 0. The number of hydrogen-bond acceptors (Lipinski definition) is 5. The Labute approximate surface area is 123 Å². The monoisotopic (exact) mass is 342 g/mol. The molecule has 0 radical (unpaired) electrons. The standard InChI is InChI=1S/C12H15BrN4OS/c1-3-5-17-12(18)10(13)9(7-15-17)16-8(2)11-14-4-6-19-11/h4,6-8,16H,3,5H2,1-2H3. The third-order valence-corrected chi connectivity index (χ3v) is 4.34. The molecule has 0 saturated carbocycles. The molecule has 0 saturated heterocycles. The lowest BCUT2D eigenvalue weighted by molar-refractivity contribution is 0.565. The van der Waals surface area contributed by atoms with Crippen molar-refractivity contribution in [3.63, 3.8) is 0 Å². The molecular weight excluding hydrogens is 328 g/mol. The number of rotatable bonds is 5. The second kappa shape index (κ2) is 6.29. The predicted octanol–water partition coefficient (Wildman–Crippen LogP) is 3.05. The summed E-state index contributed by atoms with van der Waals surface area (Å²) >= 11 is 4.92. The summed E-state index contributed by atoms with van der Waals surface area (Å²) in [6.07, 6.45) is 4.32. The molecule has 0 aliphatic rings. The first-order valence-electron chi connectivity index (χ1n) is 6.05. The van der Waals surface area contributed by atoms with Crippen LogP contribution in [-0.2, 0) is 6.54 Å². The Bertz CT molecular complexity index is 596. The van der Waals surface area contributed by atoms with Crippen molar-refractivity contribution in [1.82, 2.24) is 14.8 Å². The first kappa shape index (κ1) is 14.2. The zero-order valence-corrected chi connectivity index (χ0v) is 13.2. The number of anilines is 1. The SMILES string of the molecule is CCCn1ncc(NC(C)c2nccs2)c(Br)c1=O. The van der Waals surface area contributed by atoms with Crippen molar-refractivity contribution in [3.8, 4) is 0 Å². The summed E-state index contributed by atoms with van der Waals surface area (Å²) in [5, 5.41) is 10.3. The van der Waals surface area contributed by atoms with Crippen LogP contribution in [0.3, 0.4) is 0 Å². The van der Waals surface area contributed by atoms with Crippen molar-refractivity contribution < 1.29 is 0 Å². The molecule has 19 heavy (non-hydrogen) atoms. The second-order valence-electron chi connectivity index (χ2n) is 4.14. The van der Waals surface area contributed by atoms with E-state index < -0.39 is 0 Å².